The summed E-state index contributed by atoms with van der Waals surface area (Å²) >= 11 is 0. The van der Waals surface area contributed by atoms with E-state index in [-0.39, 0.29) is 28.5 Å². The van der Waals surface area contributed by atoms with Crippen LogP contribution < -0.4 is 10.9 Å². The van der Waals surface area contributed by atoms with Crippen molar-refractivity contribution in [1.29, 1.82) is 0 Å². The number of benzene rings is 7. The van der Waals surface area contributed by atoms with Gasteiger partial charge in [0.05, 0.1) is 11.0 Å². The highest BCUT2D eigenvalue weighted by atomic mass is 15.0. The van der Waals surface area contributed by atoms with Crippen molar-refractivity contribution in [2.45, 2.75) is 105 Å². The summed E-state index contributed by atoms with van der Waals surface area (Å²) in [5.74, 6) is 0. The van der Waals surface area contributed by atoms with Crippen molar-refractivity contribution in [2.24, 2.45) is 0 Å². The van der Waals surface area contributed by atoms with Crippen molar-refractivity contribution in [3.05, 3.63) is 150 Å². The maximum atomic E-state index is 2.73. The fourth-order valence-electron chi connectivity index (χ4n) is 10.6. The molecule has 0 bridgehead atoms. The van der Waals surface area contributed by atoms with E-state index < -0.39 is 0 Å². The maximum absolute atomic E-state index is 2.73. The largest absolute Gasteiger partial charge is 0.375 e. The second kappa shape index (κ2) is 12.4. The Morgan fingerprint density at radius 1 is 0.377 bits per heavy atom. The highest BCUT2D eigenvalue weighted by molar-refractivity contribution is 6.90. The van der Waals surface area contributed by atoms with Crippen LogP contribution in [0.5, 0.6) is 0 Å². The Hall–Kier alpha value is -5.80. The Kier molecular flexibility index (Phi) is 7.76. The first-order valence-electron chi connectivity index (χ1n) is 22.4. The third-order valence-electron chi connectivity index (χ3n) is 14.1. The minimum atomic E-state index is -0.00987. The summed E-state index contributed by atoms with van der Waals surface area (Å²) in [6, 6.07) is 50.2. The molecule has 0 radical (unpaired) electrons. The van der Waals surface area contributed by atoms with E-state index in [9.17, 15) is 0 Å². The lowest BCUT2D eigenvalue weighted by atomic mass is 9.45. The highest BCUT2D eigenvalue weighted by Gasteiger charge is 2.42. The zero-order chi connectivity index (χ0) is 42.7. The molecule has 0 saturated heterocycles. The molecule has 3 heteroatoms. The molecule has 2 aromatic heterocycles. The van der Waals surface area contributed by atoms with Gasteiger partial charge in [-0.1, -0.05) is 162 Å². The summed E-state index contributed by atoms with van der Waals surface area (Å²) in [6.45, 7) is 27.8. The molecule has 0 unspecified atom stereocenters. The van der Waals surface area contributed by atoms with Gasteiger partial charge in [-0.25, -0.2) is 0 Å². The predicted molar refractivity (Wildman–Crippen MR) is 265 cm³/mol. The van der Waals surface area contributed by atoms with Crippen LogP contribution in [0.25, 0.3) is 82.7 Å². The van der Waals surface area contributed by atoms with E-state index in [1.54, 1.807) is 0 Å². The molecule has 0 N–H and O–H groups in total. The summed E-state index contributed by atoms with van der Waals surface area (Å²) in [7, 11) is 0. The lowest BCUT2D eigenvalue weighted by molar-refractivity contribution is 0.590. The Morgan fingerprint density at radius 2 is 0.885 bits per heavy atom. The van der Waals surface area contributed by atoms with Crippen LogP contribution in [0.15, 0.2) is 127 Å². The minimum absolute atomic E-state index is 0.00260. The zero-order valence-electron chi connectivity index (χ0n) is 38.1. The Morgan fingerprint density at radius 3 is 1.51 bits per heavy atom. The van der Waals surface area contributed by atoms with E-state index >= 15 is 0 Å². The SMILES string of the molecule is CC(C)(C)c1ccc(-c2ccc3c(c2)c2cc(-c4ccc(C(C)(C)C)cc4)cc4c2n3-c2cccc3c2B4n2c4ccc(C(C)(C)C)cc4c4cc(C(C)(C)C)cc-3c42)cc1. The van der Waals surface area contributed by atoms with Crippen LogP contribution in [0, 0.1) is 0 Å². The van der Waals surface area contributed by atoms with E-state index in [0.29, 0.717) is 0 Å². The fraction of sp³-hybridized carbons (Fsp3) is 0.276. The molecule has 7 aromatic carbocycles. The first-order valence-corrected chi connectivity index (χ1v) is 22.4. The number of rotatable bonds is 2. The van der Waals surface area contributed by atoms with Crippen LogP contribution in [-0.4, -0.2) is 15.9 Å². The third-order valence-corrected chi connectivity index (χ3v) is 14.1. The van der Waals surface area contributed by atoms with Gasteiger partial charge in [-0.05, 0) is 131 Å². The van der Waals surface area contributed by atoms with Crippen LogP contribution in [0.3, 0.4) is 0 Å². The van der Waals surface area contributed by atoms with Crippen LogP contribution in [0.1, 0.15) is 105 Å². The molecule has 9 aromatic rings. The summed E-state index contributed by atoms with van der Waals surface area (Å²) in [5, 5.41) is 5.31. The summed E-state index contributed by atoms with van der Waals surface area (Å²) in [5.41, 5.74) is 22.6. The fourth-order valence-corrected chi connectivity index (χ4v) is 10.6. The van der Waals surface area contributed by atoms with Crippen molar-refractivity contribution < 1.29 is 0 Å². The van der Waals surface area contributed by atoms with E-state index in [0.717, 1.165) is 0 Å². The van der Waals surface area contributed by atoms with Crippen molar-refractivity contribution in [3.63, 3.8) is 0 Å². The van der Waals surface area contributed by atoms with Crippen LogP contribution >= 0.6 is 0 Å². The topological polar surface area (TPSA) is 9.86 Å². The molecule has 0 spiro atoms. The molecule has 61 heavy (non-hydrogen) atoms. The maximum Gasteiger partial charge on any atom is 0.333 e. The van der Waals surface area contributed by atoms with E-state index in [2.05, 4.69) is 220 Å². The van der Waals surface area contributed by atoms with Crippen LogP contribution in [0.4, 0.5) is 0 Å². The van der Waals surface area contributed by atoms with Crippen LogP contribution in [-0.2, 0) is 21.7 Å². The second-order valence-electron chi connectivity index (χ2n) is 22.3. The average molecular weight is 793 g/mol. The minimum Gasteiger partial charge on any atom is -0.375 e. The molecular formula is C58H57BN2. The summed E-state index contributed by atoms with van der Waals surface area (Å²) < 4.78 is 5.34. The normalized spacial score (nSPS) is 13.9. The predicted octanol–water partition coefficient (Wildman–Crippen LogP) is 14.4. The molecule has 302 valence electrons. The number of hydrogen-bond donors (Lipinski definition) is 0. The quantitative estimate of drug-likeness (QED) is 0.154. The summed E-state index contributed by atoms with van der Waals surface area (Å²) in [4.78, 5) is 0. The van der Waals surface area contributed by atoms with E-state index in [4.69, 9.17) is 0 Å². The van der Waals surface area contributed by atoms with Gasteiger partial charge in [0.2, 0.25) is 0 Å². The van der Waals surface area contributed by atoms with Gasteiger partial charge >= 0.3 is 6.85 Å². The van der Waals surface area contributed by atoms with Gasteiger partial charge in [-0.2, -0.15) is 0 Å². The lowest BCUT2D eigenvalue weighted by Crippen LogP contribution is -2.55. The first kappa shape index (κ1) is 38.2. The van der Waals surface area contributed by atoms with Crippen molar-refractivity contribution >= 4 is 61.4 Å². The highest BCUT2D eigenvalue weighted by Crippen LogP contribution is 2.46. The average Bonchev–Trinajstić information content (AvgIpc) is 3.72. The lowest BCUT2D eigenvalue weighted by Gasteiger charge is -2.34. The second-order valence-corrected chi connectivity index (χ2v) is 22.3. The van der Waals surface area contributed by atoms with Gasteiger partial charge in [-0.3, -0.25) is 0 Å². The van der Waals surface area contributed by atoms with Gasteiger partial charge in [-0.15, -0.1) is 0 Å². The number of aromatic nitrogens is 2. The van der Waals surface area contributed by atoms with Crippen molar-refractivity contribution in [2.75, 3.05) is 0 Å². The first-order chi connectivity index (χ1) is 28.8. The Bertz CT molecular complexity index is 3300. The standard InChI is InChI=1S/C58H57BN2/c1-55(2,3)38-21-16-34(17-22-38)36-20-26-49-43(28-36)45-29-37(35-18-23-39(24-19-35)56(4,5)6)30-48-54(45)60(49)51-15-13-14-42-46-32-41(58(10,11)12)33-47-44-31-40(57(7,8)9)25-27-50(44)61(53(46)47)59(48)52(42)51/h13-33H,1-12H3. The van der Waals surface area contributed by atoms with Gasteiger partial charge in [0, 0.05) is 43.8 Å². The molecule has 2 nitrogen and oxygen atoms in total. The molecule has 0 fully saturated rings. The van der Waals surface area contributed by atoms with Gasteiger partial charge in [0.25, 0.3) is 0 Å². The smallest absolute Gasteiger partial charge is 0.333 e. The molecule has 11 rings (SSSR count). The molecule has 2 aliphatic rings. The van der Waals surface area contributed by atoms with Crippen molar-refractivity contribution in [1.82, 2.24) is 9.05 Å². The molecule has 0 saturated carbocycles. The summed E-state index contributed by atoms with van der Waals surface area (Å²) in [6.07, 6.45) is 0. The van der Waals surface area contributed by atoms with Crippen LogP contribution in [0.2, 0.25) is 0 Å². The molecule has 0 aliphatic carbocycles. The zero-order valence-corrected chi connectivity index (χ0v) is 38.1. The van der Waals surface area contributed by atoms with Gasteiger partial charge in [0.15, 0.2) is 0 Å². The molecule has 4 heterocycles. The van der Waals surface area contributed by atoms with Gasteiger partial charge in [0.1, 0.15) is 0 Å². The van der Waals surface area contributed by atoms with Crippen molar-refractivity contribution in [3.8, 4) is 39.1 Å². The monoisotopic (exact) mass is 792 g/mol. The Labute approximate surface area is 362 Å². The van der Waals surface area contributed by atoms with Gasteiger partial charge < -0.3 is 9.05 Å². The Balaban J connectivity index is 1.26. The molecule has 0 amide bonds. The number of nitrogens with zero attached hydrogens (tertiary/aromatic N) is 2. The third kappa shape index (κ3) is 5.61. The van der Waals surface area contributed by atoms with E-state index in [1.807, 2.05) is 0 Å². The molecule has 2 aliphatic heterocycles. The molecular weight excluding hydrogens is 735 g/mol. The number of hydrogen-bond acceptors (Lipinski definition) is 0. The van der Waals surface area contributed by atoms with E-state index in [1.165, 1.54) is 116 Å². The molecule has 0 atom stereocenters. The number of fused-ring (bicyclic) bond motifs is 10.